The summed E-state index contributed by atoms with van der Waals surface area (Å²) in [6, 6.07) is 22.4. The standard InChI is InChI=1S/C32H37N5O5/c1-22(2)20-34-31(39)32(19-25-8-4-5-9-26(25)21-35-37-33)29(24-10-6-11-28(18-24)40-3)42-30(36-32)23-12-14-27(15-13-23)41-17-7-16-38/h4-6,8-15,18,22,29,38H,7,16-17,19-21H2,1-3H3,(H,34,39)/t29-,32-/m1/s1. The van der Waals surface area contributed by atoms with Crippen LogP contribution < -0.4 is 14.8 Å². The smallest absolute Gasteiger partial charge is 0.252 e. The summed E-state index contributed by atoms with van der Waals surface area (Å²) >= 11 is 0. The van der Waals surface area contributed by atoms with E-state index in [0.29, 0.717) is 42.5 Å². The highest BCUT2D eigenvalue weighted by molar-refractivity contribution is 6.01. The van der Waals surface area contributed by atoms with Gasteiger partial charge in [0.05, 0.1) is 20.3 Å². The number of aliphatic hydroxyl groups is 1. The van der Waals surface area contributed by atoms with Crippen LogP contribution in [-0.2, 0) is 22.5 Å². The maximum atomic E-state index is 14.3. The summed E-state index contributed by atoms with van der Waals surface area (Å²) in [7, 11) is 1.59. The van der Waals surface area contributed by atoms with Gasteiger partial charge >= 0.3 is 0 Å². The van der Waals surface area contributed by atoms with Gasteiger partial charge in [0.15, 0.2) is 11.6 Å². The van der Waals surface area contributed by atoms with Crippen LogP contribution in [0.1, 0.15) is 48.6 Å². The molecular formula is C32H37N5O5. The van der Waals surface area contributed by atoms with Crippen molar-refractivity contribution in [3.63, 3.8) is 0 Å². The lowest BCUT2D eigenvalue weighted by Gasteiger charge is -2.31. The van der Waals surface area contributed by atoms with Gasteiger partial charge in [-0.2, -0.15) is 0 Å². The van der Waals surface area contributed by atoms with Crippen LogP contribution in [0.25, 0.3) is 10.4 Å². The Kier molecular flexibility index (Phi) is 10.4. The molecule has 0 unspecified atom stereocenters. The van der Waals surface area contributed by atoms with Crippen LogP contribution in [0, 0.1) is 5.92 Å². The fraction of sp³-hybridized carbons (Fsp3) is 0.375. The van der Waals surface area contributed by atoms with Crippen LogP contribution in [0.3, 0.4) is 0 Å². The van der Waals surface area contributed by atoms with Crippen molar-refractivity contribution in [1.29, 1.82) is 0 Å². The molecule has 4 rings (SSSR count). The number of amides is 1. The molecule has 0 saturated heterocycles. The summed E-state index contributed by atoms with van der Waals surface area (Å²) < 4.78 is 17.8. The third kappa shape index (κ3) is 7.21. The molecule has 0 radical (unpaired) electrons. The van der Waals surface area contributed by atoms with Crippen LogP contribution in [0.2, 0.25) is 0 Å². The van der Waals surface area contributed by atoms with E-state index in [4.69, 9.17) is 29.8 Å². The Morgan fingerprint density at radius 3 is 2.57 bits per heavy atom. The second-order valence-corrected chi connectivity index (χ2v) is 10.5. The van der Waals surface area contributed by atoms with Crippen LogP contribution in [-0.4, -0.2) is 49.3 Å². The molecule has 0 fully saturated rings. The monoisotopic (exact) mass is 571 g/mol. The minimum absolute atomic E-state index is 0.0569. The molecule has 3 aromatic rings. The van der Waals surface area contributed by atoms with Crippen molar-refractivity contribution in [1.82, 2.24) is 5.32 Å². The largest absolute Gasteiger partial charge is 0.497 e. The van der Waals surface area contributed by atoms with Crippen molar-refractivity contribution in [3.05, 3.63) is 105 Å². The molecule has 42 heavy (non-hydrogen) atoms. The number of carbonyl (C=O) groups is 1. The Balaban J connectivity index is 1.83. The van der Waals surface area contributed by atoms with E-state index in [1.165, 1.54) is 0 Å². The number of nitrogens with zero attached hydrogens (tertiary/aromatic N) is 4. The average Bonchev–Trinajstić information content (AvgIpc) is 3.40. The number of rotatable bonds is 14. The Morgan fingerprint density at radius 2 is 1.88 bits per heavy atom. The first-order chi connectivity index (χ1) is 20.4. The number of methoxy groups -OCH3 is 1. The predicted molar refractivity (Wildman–Crippen MR) is 161 cm³/mol. The van der Waals surface area contributed by atoms with E-state index in [1.807, 2.05) is 86.6 Å². The maximum absolute atomic E-state index is 14.3. The molecule has 0 bridgehead atoms. The predicted octanol–water partition coefficient (Wildman–Crippen LogP) is 5.54. The number of hydrogen-bond acceptors (Lipinski definition) is 7. The zero-order chi connectivity index (χ0) is 30.0. The minimum atomic E-state index is -1.38. The van der Waals surface area contributed by atoms with E-state index in [-0.39, 0.29) is 31.4 Å². The van der Waals surface area contributed by atoms with Crippen LogP contribution >= 0.6 is 0 Å². The molecule has 220 valence electrons. The van der Waals surface area contributed by atoms with Gasteiger partial charge in [-0.05, 0) is 64.5 Å². The summed E-state index contributed by atoms with van der Waals surface area (Å²) in [6.45, 7) is 5.14. The first-order valence-electron chi connectivity index (χ1n) is 14.0. The van der Waals surface area contributed by atoms with E-state index in [9.17, 15) is 4.79 Å². The van der Waals surface area contributed by atoms with Crippen LogP contribution in [0.5, 0.6) is 11.5 Å². The Morgan fingerprint density at radius 1 is 1.12 bits per heavy atom. The molecule has 1 aliphatic heterocycles. The molecular weight excluding hydrogens is 534 g/mol. The van der Waals surface area contributed by atoms with Gasteiger partial charge in [0.25, 0.3) is 5.91 Å². The third-order valence-corrected chi connectivity index (χ3v) is 6.98. The number of azide groups is 1. The Labute approximate surface area is 246 Å². The summed E-state index contributed by atoms with van der Waals surface area (Å²) in [5, 5.41) is 15.9. The molecule has 2 N–H and O–H groups in total. The molecule has 0 spiro atoms. The quantitative estimate of drug-likeness (QED) is 0.113. The lowest BCUT2D eigenvalue weighted by Crippen LogP contribution is -2.50. The fourth-order valence-corrected chi connectivity index (χ4v) is 4.82. The van der Waals surface area contributed by atoms with Gasteiger partial charge in [-0.3, -0.25) is 4.79 Å². The number of carbonyl (C=O) groups excluding carboxylic acids is 1. The van der Waals surface area contributed by atoms with E-state index in [1.54, 1.807) is 7.11 Å². The molecule has 1 heterocycles. The van der Waals surface area contributed by atoms with Crippen molar-refractivity contribution in [3.8, 4) is 11.5 Å². The lowest BCUT2D eigenvalue weighted by atomic mass is 9.80. The number of ether oxygens (including phenoxy) is 3. The summed E-state index contributed by atoms with van der Waals surface area (Å²) in [5.74, 6) is 1.58. The molecule has 0 aliphatic carbocycles. The van der Waals surface area contributed by atoms with Crippen molar-refractivity contribution >= 4 is 11.8 Å². The second kappa shape index (κ2) is 14.4. The molecule has 10 nitrogen and oxygen atoms in total. The zero-order valence-corrected chi connectivity index (χ0v) is 24.2. The van der Waals surface area contributed by atoms with E-state index < -0.39 is 11.6 Å². The molecule has 3 aromatic carbocycles. The summed E-state index contributed by atoms with van der Waals surface area (Å²) in [4.78, 5) is 22.3. The third-order valence-electron chi connectivity index (χ3n) is 6.98. The number of hydrogen-bond donors (Lipinski definition) is 2. The zero-order valence-electron chi connectivity index (χ0n) is 24.2. The van der Waals surface area contributed by atoms with Gasteiger partial charge < -0.3 is 24.6 Å². The number of benzene rings is 3. The highest BCUT2D eigenvalue weighted by atomic mass is 16.5. The second-order valence-electron chi connectivity index (χ2n) is 10.5. The average molecular weight is 572 g/mol. The lowest BCUT2D eigenvalue weighted by molar-refractivity contribution is -0.129. The van der Waals surface area contributed by atoms with Gasteiger partial charge in [0.1, 0.15) is 11.5 Å². The van der Waals surface area contributed by atoms with Gasteiger partial charge in [-0.25, -0.2) is 4.99 Å². The minimum Gasteiger partial charge on any atom is -0.497 e. The number of aliphatic imine (C=N–C) groups is 1. The van der Waals surface area contributed by atoms with Crippen molar-refractivity contribution in [2.45, 2.75) is 44.9 Å². The van der Waals surface area contributed by atoms with Crippen LogP contribution in [0.4, 0.5) is 0 Å². The topological polar surface area (TPSA) is 138 Å². The molecule has 1 amide bonds. The SMILES string of the molecule is COc1cccc([C@H]2OC(c3ccc(OCCCO)cc3)=N[C@@]2(Cc2ccccc2CN=[N+]=[N-])C(=O)NCC(C)C)c1. The molecule has 2 atom stereocenters. The van der Waals surface area contributed by atoms with Crippen molar-refractivity contribution in [2.75, 3.05) is 26.9 Å². The van der Waals surface area contributed by atoms with Gasteiger partial charge in [-0.1, -0.05) is 55.4 Å². The van der Waals surface area contributed by atoms with Gasteiger partial charge in [0, 0.05) is 36.5 Å². The van der Waals surface area contributed by atoms with E-state index in [2.05, 4.69) is 15.3 Å². The summed E-state index contributed by atoms with van der Waals surface area (Å²) in [5.41, 5.74) is 10.7. The van der Waals surface area contributed by atoms with E-state index in [0.717, 1.165) is 16.7 Å². The highest BCUT2D eigenvalue weighted by Crippen LogP contribution is 2.43. The van der Waals surface area contributed by atoms with E-state index >= 15 is 0 Å². The molecule has 0 aromatic heterocycles. The molecule has 0 saturated carbocycles. The Bertz CT molecular complexity index is 1440. The van der Waals surface area contributed by atoms with Gasteiger partial charge in [-0.15, -0.1) is 0 Å². The van der Waals surface area contributed by atoms with Crippen molar-refractivity contribution < 1.29 is 24.1 Å². The number of aliphatic hydroxyl groups excluding tert-OH is 1. The van der Waals surface area contributed by atoms with Gasteiger partial charge in [0.2, 0.25) is 5.90 Å². The maximum Gasteiger partial charge on any atom is 0.252 e. The summed E-state index contributed by atoms with van der Waals surface area (Å²) in [6.07, 6.45) is -0.0285. The first-order valence-corrected chi connectivity index (χ1v) is 14.0. The fourth-order valence-electron chi connectivity index (χ4n) is 4.82. The first kappa shape index (κ1) is 30.4. The molecule has 10 heteroatoms. The Hall–Kier alpha value is -4.53. The highest BCUT2D eigenvalue weighted by Gasteiger charge is 2.53. The normalized spacial score (nSPS) is 17.6. The molecule has 1 aliphatic rings. The number of nitrogens with one attached hydrogen (secondary N) is 1. The van der Waals surface area contributed by atoms with Crippen LogP contribution in [0.15, 0.2) is 82.9 Å². The van der Waals surface area contributed by atoms with Crippen molar-refractivity contribution in [2.24, 2.45) is 16.0 Å².